The zero-order valence-corrected chi connectivity index (χ0v) is 10.2. The zero-order chi connectivity index (χ0) is 13.1. The summed E-state index contributed by atoms with van der Waals surface area (Å²) in [6.45, 7) is 1.93. The molecule has 2 fully saturated rings. The highest BCUT2D eigenvalue weighted by Crippen LogP contribution is 2.38. The maximum absolute atomic E-state index is 11.7. The van der Waals surface area contributed by atoms with Crippen molar-refractivity contribution in [2.45, 2.75) is 25.7 Å². The molecule has 2 rings (SSSR count). The molecule has 6 nitrogen and oxygen atoms in total. The van der Waals surface area contributed by atoms with Gasteiger partial charge in [0.2, 0.25) is 11.8 Å². The van der Waals surface area contributed by atoms with E-state index in [-0.39, 0.29) is 11.8 Å². The van der Waals surface area contributed by atoms with Crippen LogP contribution in [0.25, 0.3) is 0 Å². The van der Waals surface area contributed by atoms with E-state index in [0.29, 0.717) is 19.4 Å². The Morgan fingerprint density at radius 3 is 2.39 bits per heavy atom. The van der Waals surface area contributed by atoms with Crippen LogP contribution in [0.3, 0.4) is 0 Å². The van der Waals surface area contributed by atoms with E-state index in [1.54, 1.807) is 0 Å². The minimum Gasteiger partial charge on any atom is -0.481 e. The molecule has 1 saturated heterocycles. The molecule has 0 spiro atoms. The number of hydrogen-bond donors (Lipinski definition) is 2. The van der Waals surface area contributed by atoms with Crippen LogP contribution in [0.5, 0.6) is 0 Å². The summed E-state index contributed by atoms with van der Waals surface area (Å²) in [6, 6.07) is 0. The van der Waals surface area contributed by atoms with Crippen LogP contribution in [0.1, 0.15) is 25.7 Å². The van der Waals surface area contributed by atoms with Crippen molar-refractivity contribution >= 4 is 17.8 Å². The van der Waals surface area contributed by atoms with Crippen LogP contribution in [-0.2, 0) is 14.4 Å². The zero-order valence-electron chi connectivity index (χ0n) is 10.2. The van der Waals surface area contributed by atoms with E-state index in [2.05, 4.69) is 5.32 Å². The van der Waals surface area contributed by atoms with Crippen molar-refractivity contribution in [1.29, 1.82) is 0 Å². The van der Waals surface area contributed by atoms with E-state index in [1.807, 2.05) is 4.90 Å². The van der Waals surface area contributed by atoms with Gasteiger partial charge >= 0.3 is 5.97 Å². The predicted molar refractivity (Wildman–Crippen MR) is 62.7 cm³/mol. The van der Waals surface area contributed by atoms with Gasteiger partial charge in [-0.05, 0) is 19.3 Å². The van der Waals surface area contributed by atoms with Gasteiger partial charge in [-0.15, -0.1) is 0 Å². The molecular weight excluding hydrogens is 236 g/mol. The molecule has 2 atom stereocenters. The molecule has 0 unspecified atom stereocenters. The Balaban J connectivity index is 1.62. The molecule has 0 aromatic carbocycles. The van der Waals surface area contributed by atoms with E-state index >= 15 is 0 Å². The van der Waals surface area contributed by atoms with Crippen molar-refractivity contribution in [2.24, 2.45) is 11.8 Å². The topological polar surface area (TPSA) is 86.7 Å². The molecule has 0 aromatic heterocycles. The van der Waals surface area contributed by atoms with Crippen LogP contribution in [-0.4, -0.2) is 47.4 Å². The summed E-state index contributed by atoms with van der Waals surface area (Å²) in [5.41, 5.74) is 0. The molecule has 0 radical (unpaired) electrons. The first kappa shape index (κ1) is 12.9. The van der Waals surface area contributed by atoms with Crippen molar-refractivity contribution in [3.8, 4) is 0 Å². The fraction of sp³-hybridized carbons (Fsp3) is 0.750. The fourth-order valence-corrected chi connectivity index (χ4v) is 2.31. The third-order valence-electron chi connectivity index (χ3n) is 3.54. The number of nitrogens with zero attached hydrogens (tertiary/aromatic N) is 1. The van der Waals surface area contributed by atoms with Gasteiger partial charge < -0.3 is 15.3 Å². The van der Waals surface area contributed by atoms with Gasteiger partial charge in [0, 0.05) is 26.1 Å². The van der Waals surface area contributed by atoms with Crippen molar-refractivity contribution in [3.05, 3.63) is 0 Å². The first-order valence-electron chi connectivity index (χ1n) is 6.38. The Bertz CT molecular complexity index is 363. The summed E-state index contributed by atoms with van der Waals surface area (Å²) in [7, 11) is 0. The largest absolute Gasteiger partial charge is 0.481 e. The number of aliphatic carboxylic acids is 1. The molecule has 1 aliphatic heterocycles. The van der Waals surface area contributed by atoms with Crippen molar-refractivity contribution in [2.75, 3.05) is 19.6 Å². The minimum atomic E-state index is -0.914. The second kappa shape index (κ2) is 5.37. The quantitative estimate of drug-likeness (QED) is 0.713. The monoisotopic (exact) mass is 254 g/mol. The smallest absolute Gasteiger partial charge is 0.307 e. The SMILES string of the molecule is O=C(O)[C@H]1C[C@H]1C(=O)NCCC(=O)N1CCCC1. The number of carbonyl (C=O) groups is 3. The first-order valence-corrected chi connectivity index (χ1v) is 6.38. The van der Waals surface area contributed by atoms with Gasteiger partial charge in [-0.2, -0.15) is 0 Å². The number of amides is 2. The Morgan fingerprint density at radius 1 is 1.17 bits per heavy atom. The van der Waals surface area contributed by atoms with Gasteiger partial charge in [0.15, 0.2) is 0 Å². The standard InChI is InChI=1S/C12H18N2O4/c15-10(14-5-1-2-6-14)3-4-13-11(16)8-7-9(8)12(17)18/h8-9H,1-7H2,(H,13,16)(H,17,18)/t8-,9+/m1/s1. The molecule has 1 saturated carbocycles. The van der Waals surface area contributed by atoms with Crippen LogP contribution < -0.4 is 5.32 Å². The van der Waals surface area contributed by atoms with Gasteiger partial charge in [0.05, 0.1) is 11.8 Å². The summed E-state index contributed by atoms with van der Waals surface area (Å²) in [5.74, 6) is -2.01. The molecule has 2 aliphatic rings. The summed E-state index contributed by atoms with van der Waals surface area (Å²) < 4.78 is 0. The molecule has 18 heavy (non-hydrogen) atoms. The van der Waals surface area contributed by atoms with E-state index < -0.39 is 17.8 Å². The Morgan fingerprint density at radius 2 is 1.83 bits per heavy atom. The van der Waals surface area contributed by atoms with Gasteiger partial charge in [-0.1, -0.05) is 0 Å². The third-order valence-corrected chi connectivity index (χ3v) is 3.54. The molecule has 2 amide bonds. The molecule has 1 heterocycles. The van der Waals surface area contributed by atoms with E-state index in [1.165, 1.54) is 0 Å². The van der Waals surface area contributed by atoms with Crippen LogP contribution in [0.15, 0.2) is 0 Å². The lowest BCUT2D eigenvalue weighted by Crippen LogP contribution is -2.33. The van der Waals surface area contributed by atoms with Gasteiger partial charge in [-0.3, -0.25) is 14.4 Å². The Hall–Kier alpha value is -1.59. The second-order valence-corrected chi connectivity index (χ2v) is 4.92. The molecule has 6 heteroatoms. The minimum absolute atomic E-state index is 0.0679. The maximum atomic E-state index is 11.7. The fourth-order valence-electron chi connectivity index (χ4n) is 2.31. The lowest BCUT2D eigenvalue weighted by Gasteiger charge is -2.15. The molecule has 0 bridgehead atoms. The summed E-state index contributed by atoms with van der Waals surface area (Å²) in [5, 5.41) is 11.3. The van der Waals surface area contributed by atoms with Crippen molar-refractivity contribution in [3.63, 3.8) is 0 Å². The lowest BCUT2D eigenvalue weighted by molar-refractivity contribution is -0.140. The number of carbonyl (C=O) groups excluding carboxylic acids is 2. The van der Waals surface area contributed by atoms with E-state index in [9.17, 15) is 14.4 Å². The number of hydrogen-bond acceptors (Lipinski definition) is 3. The van der Waals surface area contributed by atoms with Gasteiger partial charge in [0.25, 0.3) is 0 Å². The van der Waals surface area contributed by atoms with Crippen LogP contribution >= 0.6 is 0 Å². The van der Waals surface area contributed by atoms with Gasteiger partial charge in [-0.25, -0.2) is 0 Å². The number of nitrogens with one attached hydrogen (secondary N) is 1. The number of carboxylic acid groups (broad SMARTS) is 1. The van der Waals surface area contributed by atoms with Gasteiger partial charge in [0.1, 0.15) is 0 Å². The summed E-state index contributed by atoms with van der Waals surface area (Å²) >= 11 is 0. The highest BCUT2D eigenvalue weighted by Gasteiger charge is 2.48. The highest BCUT2D eigenvalue weighted by molar-refractivity contribution is 5.89. The molecule has 1 aliphatic carbocycles. The summed E-state index contributed by atoms with van der Waals surface area (Å²) in [4.78, 5) is 35.6. The molecule has 0 aromatic rings. The average Bonchev–Trinajstić information content (AvgIpc) is 2.96. The normalized spacial score (nSPS) is 25.9. The first-order chi connectivity index (χ1) is 8.59. The van der Waals surface area contributed by atoms with Crippen LogP contribution in [0, 0.1) is 11.8 Å². The molecule has 100 valence electrons. The predicted octanol–water partition coefficient (Wildman–Crippen LogP) is -0.164. The van der Waals surface area contributed by atoms with Crippen molar-refractivity contribution < 1.29 is 19.5 Å². The summed E-state index contributed by atoms with van der Waals surface area (Å²) in [6.07, 6.45) is 2.83. The third kappa shape index (κ3) is 3.00. The lowest BCUT2D eigenvalue weighted by atomic mass is 10.3. The maximum Gasteiger partial charge on any atom is 0.307 e. The number of rotatable bonds is 5. The van der Waals surface area contributed by atoms with Crippen LogP contribution in [0.4, 0.5) is 0 Å². The molecule has 2 N–H and O–H groups in total. The molecular formula is C12H18N2O4. The second-order valence-electron chi connectivity index (χ2n) is 4.92. The number of likely N-dealkylation sites (tertiary alicyclic amines) is 1. The van der Waals surface area contributed by atoms with E-state index in [0.717, 1.165) is 25.9 Å². The highest BCUT2D eigenvalue weighted by atomic mass is 16.4. The van der Waals surface area contributed by atoms with Crippen LogP contribution in [0.2, 0.25) is 0 Å². The Labute approximate surface area is 105 Å². The van der Waals surface area contributed by atoms with E-state index in [4.69, 9.17) is 5.11 Å². The van der Waals surface area contributed by atoms with Crippen molar-refractivity contribution in [1.82, 2.24) is 10.2 Å². The number of carboxylic acids is 1. The average molecular weight is 254 g/mol. The Kier molecular flexibility index (Phi) is 3.84.